The number of nitrogens with one attached hydrogen (secondary N) is 1. The minimum atomic E-state index is -0.00542. The summed E-state index contributed by atoms with van der Waals surface area (Å²) in [5.74, 6) is 0.483. The zero-order chi connectivity index (χ0) is 11.2. The number of nitriles is 1. The van der Waals surface area contributed by atoms with Crippen LogP contribution in [-0.2, 0) is 4.74 Å². The first-order chi connectivity index (χ1) is 7.90. The first kappa shape index (κ1) is 11.6. The Hall–Kier alpha value is -0.850. The van der Waals surface area contributed by atoms with Crippen molar-refractivity contribution < 1.29 is 4.74 Å². The fraction of sp³-hybridized carbons (Fsp3) is 0.769. The minimum absolute atomic E-state index is 0.00542. The summed E-state index contributed by atoms with van der Waals surface area (Å²) in [4.78, 5) is 0. The molecule has 1 N–H and O–H groups in total. The van der Waals surface area contributed by atoms with Crippen LogP contribution in [0.2, 0.25) is 0 Å². The number of hydrogen-bond acceptors (Lipinski definition) is 3. The second-order valence-electron chi connectivity index (χ2n) is 4.69. The maximum absolute atomic E-state index is 9.17. The van der Waals surface area contributed by atoms with Crippen LogP contribution in [0.5, 0.6) is 0 Å². The van der Waals surface area contributed by atoms with Crippen LogP contribution in [0.3, 0.4) is 0 Å². The molecule has 1 aliphatic heterocycles. The van der Waals surface area contributed by atoms with Gasteiger partial charge in [-0.05, 0) is 38.0 Å². The fourth-order valence-electron chi connectivity index (χ4n) is 2.50. The molecule has 0 aromatic rings. The molecule has 1 saturated heterocycles. The van der Waals surface area contributed by atoms with Gasteiger partial charge in [0.15, 0.2) is 0 Å². The quantitative estimate of drug-likeness (QED) is 0.737. The van der Waals surface area contributed by atoms with Gasteiger partial charge in [0.25, 0.3) is 0 Å². The fourth-order valence-corrected chi connectivity index (χ4v) is 2.50. The van der Waals surface area contributed by atoms with E-state index in [1.807, 2.05) is 0 Å². The highest BCUT2D eigenvalue weighted by molar-refractivity contribution is 5.01. The van der Waals surface area contributed by atoms with Gasteiger partial charge >= 0.3 is 0 Å². The summed E-state index contributed by atoms with van der Waals surface area (Å²) < 4.78 is 5.55. The smallest absolute Gasteiger partial charge is 0.0985 e. The number of nitrogens with zero attached hydrogens (tertiary/aromatic N) is 1. The lowest BCUT2D eigenvalue weighted by molar-refractivity contribution is 0.107. The number of allylic oxidation sites excluding steroid dienone is 2. The van der Waals surface area contributed by atoms with Gasteiger partial charge in [0, 0.05) is 13.2 Å². The zero-order valence-corrected chi connectivity index (χ0v) is 9.69. The van der Waals surface area contributed by atoms with Crippen molar-refractivity contribution >= 4 is 0 Å². The summed E-state index contributed by atoms with van der Waals surface area (Å²) in [5, 5.41) is 12.5. The molecule has 3 heteroatoms. The summed E-state index contributed by atoms with van der Waals surface area (Å²) in [6.45, 7) is 1.72. The van der Waals surface area contributed by atoms with Crippen LogP contribution in [0.4, 0.5) is 0 Å². The Balaban J connectivity index is 1.76. The topological polar surface area (TPSA) is 45.0 Å². The Morgan fingerprint density at radius 1 is 1.44 bits per heavy atom. The summed E-state index contributed by atoms with van der Waals surface area (Å²) in [5.41, 5.74) is 0. The van der Waals surface area contributed by atoms with E-state index in [0.717, 1.165) is 45.3 Å². The normalized spacial score (nSPS) is 31.2. The van der Waals surface area contributed by atoms with Gasteiger partial charge in [-0.3, -0.25) is 5.32 Å². The molecule has 1 fully saturated rings. The number of ether oxygens (including phenoxy) is 1. The van der Waals surface area contributed by atoms with Gasteiger partial charge in [0.05, 0.1) is 18.2 Å². The highest BCUT2D eigenvalue weighted by Gasteiger charge is 2.23. The lowest BCUT2D eigenvalue weighted by atomic mass is 9.88. The third-order valence-electron chi connectivity index (χ3n) is 3.51. The van der Waals surface area contributed by atoms with E-state index in [2.05, 4.69) is 23.5 Å². The Kier molecular flexibility index (Phi) is 4.38. The first-order valence-electron chi connectivity index (χ1n) is 6.30. The molecule has 2 aliphatic rings. The molecule has 2 rings (SSSR count). The Labute approximate surface area is 97.5 Å². The molecule has 0 bridgehead atoms. The third-order valence-corrected chi connectivity index (χ3v) is 3.51. The largest absolute Gasteiger partial charge is 0.377 e. The number of rotatable bonds is 4. The van der Waals surface area contributed by atoms with Crippen LogP contribution in [-0.4, -0.2) is 25.3 Å². The predicted octanol–water partition coefficient (Wildman–Crippen LogP) is 2.00. The van der Waals surface area contributed by atoms with Crippen LogP contribution in [0.25, 0.3) is 0 Å². The molecular weight excluding hydrogens is 200 g/mol. The van der Waals surface area contributed by atoms with E-state index < -0.39 is 0 Å². The molecule has 0 aromatic heterocycles. The van der Waals surface area contributed by atoms with Crippen molar-refractivity contribution in [2.75, 3.05) is 13.2 Å². The van der Waals surface area contributed by atoms with Gasteiger partial charge < -0.3 is 4.74 Å². The van der Waals surface area contributed by atoms with Crippen molar-refractivity contribution in [2.24, 2.45) is 5.92 Å². The highest BCUT2D eigenvalue weighted by atomic mass is 16.5. The predicted molar refractivity (Wildman–Crippen MR) is 62.9 cm³/mol. The molecule has 0 saturated carbocycles. The van der Waals surface area contributed by atoms with Gasteiger partial charge in [0.1, 0.15) is 0 Å². The van der Waals surface area contributed by atoms with Crippen molar-refractivity contribution in [3.63, 3.8) is 0 Å². The maximum atomic E-state index is 9.17. The average Bonchev–Trinajstić information content (AvgIpc) is 2.84. The molecule has 0 amide bonds. The van der Waals surface area contributed by atoms with Crippen molar-refractivity contribution in [3.05, 3.63) is 12.2 Å². The molecule has 0 spiro atoms. The van der Waals surface area contributed by atoms with E-state index in [0.29, 0.717) is 12.0 Å². The molecule has 1 aliphatic carbocycles. The summed E-state index contributed by atoms with van der Waals surface area (Å²) in [6, 6.07) is 2.39. The van der Waals surface area contributed by atoms with Crippen molar-refractivity contribution in [2.45, 2.75) is 44.2 Å². The molecule has 0 radical (unpaired) electrons. The Morgan fingerprint density at radius 3 is 3.00 bits per heavy atom. The molecule has 3 atom stereocenters. The molecule has 88 valence electrons. The van der Waals surface area contributed by atoms with Gasteiger partial charge in [-0.2, -0.15) is 5.26 Å². The van der Waals surface area contributed by atoms with E-state index in [1.54, 1.807) is 0 Å². The van der Waals surface area contributed by atoms with E-state index in [1.165, 1.54) is 0 Å². The van der Waals surface area contributed by atoms with Crippen LogP contribution in [0.1, 0.15) is 32.1 Å². The van der Waals surface area contributed by atoms with Gasteiger partial charge in [0.2, 0.25) is 0 Å². The third kappa shape index (κ3) is 3.07. The summed E-state index contributed by atoms with van der Waals surface area (Å²) in [6.07, 6.45) is 10.3. The summed E-state index contributed by atoms with van der Waals surface area (Å²) in [7, 11) is 0. The average molecular weight is 220 g/mol. The van der Waals surface area contributed by atoms with Gasteiger partial charge in [-0.1, -0.05) is 12.2 Å². The maximum Gasteiger partial charge on any atom is 0.0985 e. The van der Waals surface area contributed by atoms with Crippen molar-refractivity contribution in [1.29, 1.82) is 5.26 Å². The van der Waals surface area contributed by atoms with E-state index in [-0.39, 0.29) is 6.04 Å². The lowest BCUT2D eigenvalue weighted by Crippen LogP contribution is -2.39. The van der Waals surface area contributed by atoms with Crippen LogP contribution >= 0.6 is 0 Å². The first-order valence-corrected chi connectivity index (χ1v) is 6.30. The van der Waals surface area contributed by atoms with E-state index in [4.69, 9.17) is 4.74 Å². The second-order valence-corrected chi connectivity index (χ2v) is 4.69. The monoisotopic (exact) mass is 220 g/mol. The zero-order valence-electron chi connectivity index (χ0n) is 9.69. The highest BCUT2D eigenvalue weighted by Crippen LogP contribution is 2.21. The van der Waals surface area contributed by atoms with Crippen LogP contribution in [0.15, 0.2) is 12.2 Å². The van der Waals surface area contributed by atoms with E-state index in [9.17, 15) is 5.26 Å². The Morgan fingerprint density at radius 2 is 2.38 bits per heavy atom. The molecule has 0 aromatic carbocycles. The van der Waals surface area contributed by atoms with Crippen LogP contribution < -0.4 is 5.32 Å². The van der Waals surface area contributed by atoms with E-state index >= 15 is 0 Å². The molecule has 1 heterocycles. The van der Waals surface area contributed by atoms with Gasteiger partial charge in [-0.25, -0.2) is 0 Å². The lowest BCUT2D eigenvalue weighted by Gasteiger charge is -2.24. The molecular formula is C13H20N2O. The van der Waals surface area contributed by atoms with Crippen LogP contribution in [0, 0.1) is 17.2 Å². The van der Waals surface area contributed by atoms with Crippen molar-refractivity contribution in [1.82, 2.24) is 5.32 Å². The standard InChI is InChI=1S/C13H20N2O/c14-9-13(11-5-2-1-3-6-11)15-10-12-7-4-8-16-12/h1-2,11-13,15H,3-8,10H2. The van der Waals surface area contributed by atoms with Gasteiger partial charge in [-0.15, -0.1) is 0 Å². The number of hydrogen-bond donors (Lipinski definition) is 1. The van der Waals surface area contributed by atoms with Crippen molar-refractivity contribution in [3.8, 4) is 6.07 Å². The minimum Gasteiger partial charge on any atom is -0.377 e. The molecule has 3 nitrogen and oxygen atoms in total. The SMILES string of the molecule is N#CC(NCC1CCCO1)C1CC=CCC1. The Bertz CT molecular complexity index is 276. The second kappa shape index (κ2) is 6.03. The molecule has 16 heavy (non-hydrogen) atoms. The molecule has 3 unspecified atom stereocenters. The summed E-state index contributed by atoms with van der Waals surface area (Å²) >= 11 is 0.